The first-order valence-corrected chi connectivity index (χ1v) is 10.4. The standard InChI is InChI=1S/C17H37N3O2S.ClH/c1-14(2)7-10-19(11-8-15(3)4)23(21,22)20-12-9-16(18)17(5,6)13-20;/h14-16H,7-13,18H2,1-6H3;1H. The first kappa shape index (κ1) is 24.1. The maximum atomic E-state index is 13.1. The Kier molecular flexibility index (Phi) is 9.77. The van der Waals surface area contributed by atoms with E-state index < -0.39 is 10.2 Å². The van der Waals surface area contributed by atoms with E-state index in [9.17, 15) is 8.42 Å². The molecule has 0 aromatic rings. The first-order valence-electron chi connectivity index (χ1n) is 8.97. The number of nitrogens with zero attached hydrogens (tertiary/aromatic N) is 2. The first-order chi connectivity index (χ1) is 10.5. The van der Waals surface area contributed by atoms with Crippen molar-refractivity contribution in [3.05, 3.63) is 0 Å². The predicted molar refractivity (Wildman–Crippen MR) is 105 cm³/mol. The van der Waals surface area contributed by atoms with Crippen LogP contribution in [0.2, 0.25) is 0 Å². The Bertz CT molecular complexity index is 454. The summed E-state index contributed by atoms with van der Waals surface area (Å²) in [5.41, 5.74) is 5.98. The van der Waals surface area contributed by atoms with Gasteiger partial charge in [-0.05, 0) is 36.5 Å². The highest BCUT2D eigenvalue weighted by Gasteiger charge is 2.40. The van der Waals surface area contributed by atoms with E-state index in [2.05, 4.69) is 41.5 Å². The van der Waals surface area contributed by atoms with E-state index in [1.54, 1.807) is 8.61 Å². The van der Waals surface area contributed by atoms with Gasteiger partial charge in [0.25, 0.3) is 10.2 Å². The molecule has 7 heteroatoms. The topological polar surface area (TPSA) is 66.6 Å². The molecule has 1 rings (SSSR count). The molecule has 0 aromatic heterocycles. The van der Waals surface area contributed by atoms with Crippen LogP contribution in [0.25, 0.3) is 0 Å². The minimum absolute atomic E-state index is 0. The zero-order valence-electron chi connectivity index (χ0n) is 16.3. The van der Waals surface area contributed by atoms with Gasteiger partial charge in [-0.2, -0.15) is 17.0 Å². The van der Waals surface area contributed by atoms with Crippen LogP contribution in [0.5, 0.6) is 0 Å². The van der Waals surface area contributed by atoms with Crippen molar-refractivity contribution in [3.63, 3.8) is 0 Å². The fraction of sp³-hybridized carbons (Fsp3) is 1.00. The zero-order valence-corrected chi connectivity index (χ0v) is 17.9. The largest absolute Gasteiger partial charge is 0.327 e. The number of hydrogen-bond donors (Lipinski definition) is 1. The third-order valence-corrected chi connectivity index (χ3v) is 6.82. The van der Waals surface area contributed by atoms with E-state index in [-0.39, 0.29) is 23.9 Å². The second-order valence-electron chi connectivity index (χ2n) is 8.49. The summed E-state index contributed by atoms with van der Waals surface area (Å²) in [6.45, 7) is 14.9. The van der Waals surface area contributed by atoms with Crippen molar-refractivity contribution < 1.29 is 8.42 Å². The van der Waals surface area contributed by atoms with Gasteiger partial charge >= 0.3 is 0 Å². The van der Waals surface area contributed by atoms with E-state index in [0.29, 0.717) is 38.0 Å². The minimum Gasteiger partial charge on any atom is -0.327 e. The normalized spacial score (nSPS) is 22.2. The number of piperidine rings is 1. The van der Waals surface area contributed by atoms with Crippen LogP contribution in [0.4, 0.5) is 0 Å². The van der Waals surface area contributed by atoms with Crippen LogP contribution >= 0.6 is 12.4 Å². The van der Waals surface area contributed by atoms with E-state index in [1.165, 1.54) is 0 Å². The third-order valence-electron chi connectivity index (χ3n) is 4.84. The predicted octanol–water partition coefficient (Wildman–Crippen LogP) is 3.11. The summed E-state index contributed by atoms with van der Waals surface area (Å²) in [6.07, 6.45) is 2.52. The highest BCUT2D eigenvalue weighted by atomic mass is 35.5. The molecule has 24 heavy (non-hydrogen) atoms. The molecular weight excluding hydrogens is 346 g/mol. The average molecular weight is 384 g/mol. The van der Waals surface area contributed by atoms with Crippen LogP contribution in [0.1, 0.15) is 60.8 Å². The monoisotopic (exact) mass is 383 g/mol. The Morgan fingerprint density at radius 3 is 1.96 bits per heavy atom. The van der Waals surface area contributed by atoms with Gasteiger partial charge in [-0.3, -0.25) is 0 Å². The lowest BCUT2D eigenvalue weighted by Gasteiger charge is -2.43. The molecule has 0 radical (unpaired) electrons. The van der Waals surface area contributed by atoms with E-state index in [4.69, 9.17) is 5.73 Å². The SMILES string of the molecule is CC(C)CCN(CCC(C)C)S(=O)(=O)N1CCC(N)C(C)(C)C1.Cl. The zero-order chi connectivity index (χ0) is 17.8. The fourth-order valence-electron chi connectivity index (χ4n) is 2.83. The molecule has 1 atom stereocenters. The average Bonchev–Trinajstić information content (AvgIpc) is 2.40. The molecule has 0 saturated carbocycles. The molecule has 0 spiro atoms. The van der Waals surface area contributed by atoms with Crippen molar-refractivity contribution in [2.45, 2.75) is 66.8 Å². The van der Waals surface area contributed by atoms with Gasteiger partial charge in [-0.1, -0.05) is 41.5 Å². The molecule has 1 heterocycles. The Morgan fingerprint density at radius 2 is 1.58 bits per heavy atom. The summed E-state index contributed by atoms with van der Waals surface area (Å²) in [5.74, 6) is 0.996. The van der Waals surface area contributed by atoms with Crippen LogP contribution < -0.4 is 5.73 Å². The van der Waals surface area contributed by atoms with Crippen molar-refractivity contribution in [3.8, 4) is 0 Å². The maximum absolute atomic E-state index is 13.1. The number of hydrogen-bond acceptors (Lipinski definition) is 3. The van der Waals surface area contributed by atoms with E-state index in [0.717, 1.165) is 19.3 Å². The summed E-state index contributed by atoms with van der Waals surface area (Å²) in [4.78, 5) is 0. The second-order valence-corrected chi connectivity index (χ2v) is 10.4. The molecule has 5 nitrogen and oxygen atoms in total. The van der Waals surface area contributed by atoms with E-state index in [1.807, 2.05) is 0 Å². The van der Waals surface area contributed by atoms with Crippen LogP contribution in [0, 0.1) is 17.3 Å². The van der Waals surface area contributed by atoms with Gasteiger partial charge in [0.1, 0.15) is 0 Å². The molecule has 0 amide bonds. The second kappa shape index (κ2) is 9.72. The van der Waals surface area contributed by atoms with Crippen LogP contribution in [-0.2, 0) is 10.2 Å². The molecule has 0 aliphatic carbocycles. The summed E-state index contributed by atoms with van der Waals surface area (Å²) >= 11 is 0. The number of nitrogens with two attached hydrogens (primary N) is 1. The van der Waals surface area contributed by atoms with Gasteiger partial charge in [-0.15, -0.1) is 12.4 Å². The van der Waals surface area contributed by atoms with Gasteiger partial charge in [0.15, 0.2) is 0 Å². The van der Waals surface area contributed by atoms with Crippen LogP contribution in [0.3, 0.4) is 0 Å². The van der Waals surface area contributed by atoms with Crippen molar-refractivity contribution in [1.82, 2.24) is 8.61 Å². The molecule has 1 unspecified atom stereocenters. The summed E-state index contributed by atoms with van der Waals surface area (Å²) in [5, 5.41) is 0. The third kappa shape index (κ3) is 6.79. The van der Waals surface area contributed by atoms with Gasteiger partial charge in [-0.25, -0.2) is 0 Å². The summed E-state index contributed by atoms with van der Waals surface area (Å²) in [7, 11) is -3.40. The van der Waals surface area contributed by atoms with Gasteiger partial charge in [0.2, 0.25) is 0 Å². The Balaban J connectivity index is 0.00000529. The molecule has 146 valence electrons. The smallest absolute Gasteiger partial charge is 0.281 e. The van der Waals surface area contributed by atoms with Gasteiger partial charge < -0.3 is 5.73 Å². The Hall–Kier alpha value is 0.120. The molecule has 0 aromatic carbocycles. The molecule has 1 saturated heterocycles. The lowest BCUT2D eigenvalue weighted by Crippen LogP contribution is -2.57. The van der Waals surface area contributed by atoms with Crippen LogP contribution in [-0.4, -0.2) is 49.2 Å². The van der Waals surface area contributed by atoms with Crippen LogP contribution in [0.15, 0.2) is 0 Å². The highest BCUT2D eigenvalue weighted by Crippen LogP contribution is 2.30. The lowest BCUT2D eigenvalue weighted by atomic mass is 9.81. The number of halogens is 1. The molecule has 2 N–H and O–H groups in total. The minimum atomic E-state index is -3.40. The fourth-order valence-corrected chi connectivity index (χ4v) is 4.66. The molecular formula is C17H38ClN3O2S. The van der Waals surface area contributed by atoms with Crippen molar-refractivity contribution in [2.24, 2.45) is 23.0 Å². The number of rotatable bonds is 8. The Morgan fingerprint density at radius 1 is 1.12 bits per heavy atom. The van der Waals surface area contributed by atoms with Crippen molar-refractivity contribution in [2.75, 3.05) is 26.2 Å². The highest BCUT2D eigenvalue weighted by molar-refractivity contribution is 7.86. The van der Waals surface area contributed by atoms with E-state index >= 15 is 0 Å². The van der Waals surface area contributed by atoms with Crippen molar-refractivity contribution in [1.29, 1.82) is 0 Å². The van der Waals surface area contributed by atoms with Crippen molar-refractivity contribution >= 4 is 22.6 Å². The molecule has 0 bridgehead atoms. The summed E-state index contributed by atoms with van der Waals surface area (Å²) in [6, 6.07) is 0.0636. The van der Waals surface area contributed by atoms with Gasteiger partial charge in [0.05, 0.1) is 0 Å². The van der Waals surface area contributed by atoms with Gasteiger partial charge in [0, 0.05) is 32.2 Å². The Labute approximate surface area is 155 Å². The molecule has 1 aliphatic heterocycles. The lowest BCUT2D eigenvalue weighted by molar-refractivity contribution is 0.147. The quantitative estimate of drug-likeness (QED) is 0.700. The summed E-state index contributed by atoms with van der Waals surface area (Å²) < 4.78 is 29.6. The molecule has 1 fully saturated rings. The molecule has 1 aliphatic rings. The maximum Gasteiger partial charge on any atom is 0.281 e.